The summed E-state index contributed by atoms with van der Waals surface area (Å²) in [5.74, 6) is 0.405. The van der Waals surface area contributed by atoms with Gasteiger partial charge in [0.15, 0.2) is 5.82 Å². The highest BCUT2D eigenvalue weighted by Crippen LogP contribution is 2.34. The number of hydrogen-bond donors (Lipinski definition) is 3. The van der Waals surface area contributed by atoms with Crippen LogP contribution in [0.2, 0.25) is 0 Å². The van der Waals surface area contributed by atoms with Gasteiger partial charge in [0.05, 0.1) is 11.3 Å². The summed E-state index contributed by atoms with van der Waals surface area (Å²) < 4.78 is 0.987. The fraction of sp³-hybridized carbons (Fsp3) is 0. The number of nitrogens with one attached hydrogen (secondary N) is 2. The lowest BCUT2D eigenvalue weighted by Crippen LogP contribution is -2.02. The van der Waals surface area contributed by atoms with Crippen LogP contribution in [0.3, 0.4) is 0 Å². The Hall–Kier alpha value is -2.34. The third kappa shape index (κ3) is 2.25. The molecule has 0 aliphatic heterocycles. The fourth-order valence-corrected chi connectivity index (χ4v) is 2.34. The number of rotatable bonds is 2. The van der Waals surface area contributed by atoms with E-state index in [0.717, 1.165) is 26.9 Å². The summed E-state index contributed by atoms with van der Waals surface area (Å²) >= 11 is 3.40. The predicted molar refractivity (Wildman–Crippen MR) is 82.2 cm³/mol. The minimum absolute atomic E-state index is 0.169. The maximum atomic E-state index is 11.4. The maximum Gasteiger partial charge on any atom is 0.248 e. The van der Waals surface area contributed by atoms with Gasteiger partial charge in [0.25, 0.3) is 0 Å². The predicted octanol–water partition coefficient (Wildman–Crippen LogP) is 2.78. The van der Waals surface area contributed by atoms with Gasteiger partial charge in [-0.3, -0.25) is 9.89 Å². The molecule has 3 aromatic rings. The number of pyridine rings is 1. The van der Waals surface area contributed by atoms with Gasteiger partial charge in [-0.25, -0.2) is 0 Å². The second-order valence-corrected chi connectivity index (χ2v) is 5.22. The number of aromatic nitrogens is 3. The second kappa shape index (κ2) is 4.97. The first-order valence-corrected chi connectivity index (χ1v) is 6.73. The van der Waals surface area contributed by atoms with Crippen molar-refractivity contribution in [3.05, 3.63) is 57.4 Å². The Morgan fingerprint density at radius 1 is 1.10 bits per heavy atom. The molecule has 4 N–H and O–H groups in total. The molecule has 2 aromatic heterocycles. The number of benzene rings is 1. The molecule has 1 aromatic carbocycles. The Bertz CT molecular complexity index is 805. The van der Waals surface area contributed by atoms with Crippen LogP contribution in [0, 0.1) is 0 Å². The molecular formula is C14H11BrN4O. The monoisotopic (exact) mass is 330 g/mol. The molecule has 0 spiro atoms. The van der Waals surface area contributed by atoms with Crippen LogP contribution in [0.15, 0.2) is 51.9 Å². The number of aromatic amines is 2. The van der Waals surface area contributed by atoms with Crippen LogP contribution in [-0.4, -0.2) is 15.2 Å². The smallest absolute Gasteiger partial charge is 0.248 e. The van der Waals surface area contributed by atoms with E-state index >= 15 is 0 Å². The lowest BCUT2D eigenvalue weighted by Gasteiger charge is -2.04. The molecule has 0 bridgehead atoms. The van der Waals surface area contributed by atoms with Crippen LogP contribution in [0.5, 0.6) is 0 Å². The van der Waals surface area contributed by atoms with E-state index in [1.807, 2.05) is 24.3 Å². The summed E-state index contributed by atoms with van der Waals surface area (Å²) in [6, 6.07) is 11.1. The average Bonchev–Trinajstić information content (AvgIpc) is 2.82. The van der Waals surface area contributed by atoms with Gasteiger partial charge in [-0.2, -0.15) is 5.10 Å². The highest BCUT2D eigenvalue weighted by Gasteiger charge is 2.14. The van der Waals surface area contributed by atoms with Gasteiger partial charge in [0, 0.05) is 22.3 Å². The molecule has 0 amide bonds. The highest BCUT2D eigenvalue weighted by atomic mass is 79.9. The SMILES string of the molecule is Nc1n[nH]c(-c2cc[nH]c(=O)c2)c1-c1ccc(Br)cc1. The summed E-state index contributed by atoms with van der Waals surface area (Å²) in [5.41, 5.74) is 8.99. The molecule has 5 nitrogen and oxygen atoms in total. The second-order valence-electron chi connectivity index (χ2n) is 4.31. The summed E-state index contributed by atoms with van der Waals surface area (Å²) in [6.45, 7) is 0. The Morgan fingerprint density at radius 2 is 1.85 bits per heavy atom. The molecule has 2 heterocycles. The van der Waals surface area contributed by atoms with E-state index in [1.165, 1.54) is 6.07 Å². The van der Waals surface area contributed by atoms with Crippen LogP contribution in [-0.2, 0) is 0 Å². The van der Waals surface area contributed by atoms with Gasteiger partial charge >= 0.3 is 0 Å². The molecule has 0 fully saturated rings. The number of H-pyrrole nitrogens is 2. The number of hydrogen-bond acceptors (Lipinski definition) is 3. The summed E-state index contributed by atoms with van der Waals surface area (Å²) in [5, 5.41) is 6.94. The van der Waals surface area contributed by atoms with Crippen LogP contribution in [0.1, 0.15) is 0 Å². The zero-order chi connectivity index (χ0) is 14.1. The van der Waals surface area contributed by atoms with Crippen molar-refractivity contribution in [2.45, 2.75) is 0 Å². The quantitative estimate of drug-likeness (QED) is 0.675. The van der Waals surface area contributed by atoms with Crippen molar-refractivity contribution in [3.8, 4) is 22.4 Å². The van der Waals surface area contributed by atoms with E-state index in [4.69, 9.17) is 5.73 Å². The van der Waals surface area contributed by atoms with Crippen molar-refractivity contribution in [3.63, 3.8) is 0 Å². The zero-order valence-corrected chi connectivity index (χ0v) is 11.9. The molecule has 0 aliphatic carbocycles. The van der Waals surface area contributed by atoms with Gasteiger partial charge < -0.3 is 10.7 Å². The molecule has 20 heavy (non-hydrogen) atoms. The summed E-state index contributed by atoms with van der Waals surface area (Å²) in [4.78, 5) is 14.0. The maximum absolute atomic E-state index is 11.4. The van der Waals surface area contributed by atoms with Gasteiger partial charge in [0.1, 0.15) is 0 Å². The number of nitrogens with two attached hydrogens (primary N) is 1. The molecule has 100 valence electrons. The first-order chi connectivity index (χ1) is 9.65. The normalized spacial score (nSPS) is 10.7. The molecule has 0 atom stereocenters. The molecule has 0 unspecified atom stereocenters. The van der Waals surface area contributed by atoms with Crippen molar-refractivity contribution >= 4 is 21.7 Å². The fourth-order valence-electron chi connectivity index (χ4n) is 2.07. The van der Waals surface area contributed by atoms with E-state index < -0.39 is 0 Å². The molecule has 0 aliphatic rings. The Balaban J connectivity index is 2.19. The number of halogens is 1. The van der Waals surface area contributed by atoms with Gasteiger partial charge in [-0.05, 0) is 23.8 Å². The largest absolute Gasteiger partial charge is 0.382 e. The number of nitrogens with zero attached hydrogens (tertiary/aromatic N) is 1. The van der Waals surface area contributed by atoms with Gasteiger partial charge in [-0.15, -0.1) is 0 Å². The topological polar surface area (TPSA) is 87.6 Å². The zero-order valence-electron chi connectivity index (χ0n) is 10.4. The molecule has 0 radical (unpaired) electrons. The van der Waals surface area contributed by atoms with Gasteiger partial charge in [0.2, 0.25) is 5.56 Å². The lowest BCUT2D eigenvalue weighted by molar-refractivity contribution is 1.10. The molecular weight excluding hydrogens is 320 g/mol. The van der Waals surface area contributed by atoms with Gasteiger partial charge in [-0.1, -0.05) is 28.1 Å². The van der Waals surface area contributed by atoms with Crippen molar-refractivity contribution in [1.29, 1.82) is 0 Å². The Labute approximate surface area is 123 Å². The van der Waals surface area contributed by atoms with E-state index in [2.05, 4.69) is 31.1 Å². The van der Waals surface area contributed by atoms with Crippen molar-refractivity contribution in [2.75, 3.05) is 5.73 Å². The standard InChI is InChI=1S/C14H11BrN4O/c15-10-3-1-8(2-4-10)12-13(18-19-14(12)16)9-5-6-17-11(20)7-9/h1-7H,(H,17,20)(H3,16,18,19). The molecule has 3 rings (SSSR count). The average molecular weight is 331 g/mol. The van der Waals surface area contributed by atoms with Crippen LogP contribution in [0.4, 0.5) is 5.82 Å². The lowest BCUT2D eigenvalue weighted by atomic mass is 10.0. The Morgan fingerprint density at radius 3 is 2.55 bits per heavy atom. The highest BCUT2D eigenvalue weighted by molar-refractivity contribution is 9.10. The molecule has 6 heteroatoms. The summed E-state index contributed by atoms with van der Waals surface area (Å²) in [6.07, 6.45) is 1.60. The third-order valence-electron chi connectivity index (χ3n) is 2.99. The van der Waals surface area contributed by atoms with E-state index in [-0.39, 0.29) is 5.56 Å². The first kappa shape index (κ1) is 12.7. The van der Waals surface area contributed by atoms with E-state index in [0.29, 0.717) is 5.82 Å². The van der Waals surface area contributed by atoms with Crippen molar-refractivity contribution in [2.24, 2.45) is 0 Å². The van der Waals surface area contributed by atoms with Crippen LogP contribution < -0.4 is 11.3 Å². The van der Waals surface area contributed by atoms with Crippen molar-refractivity contribution < 1.29 is 0 Å². The van der Waals surface area contributed by atoms with E-state index in [1.54, 1.807) is 12.3 Å². The van der Waals surface area contributed by atoms with Crippen LogP contribution >= 0.6 is 15.9 Å². The first-order valence-electron chi connectivity index (χ1n) is 5.94. The summed E-state index contributed by atoms with van der Waals surface area (Å²) in [7, 11) is 0. The third-order valence-corrected chi connectivity index (χ3v) is 3.52. The molecule has 0 saturated heterocycles. The van der Waals surface area contributed by atoms with E-state index in [9.17, 15) is 4.79 Å². The van der Waals surface area contributed by atoms with Crippen molar-refractivity contribution in [1.82, 2.24) is 15.2 Å². The van der Waals surface area contributed by atoms with Crippen LogP contribution in [0.25, 0.3) is 22.4 Å². The minimum Gasteiger partial charge on any atom is -0.382 e. The molecule has 0 saturated carbocycles. The number of nitrogen functional groups attached to an aromatic ring is 1. The number of anilines is 1. The Kier molecular flexibility index (Phi) is 3.15. The minimum atomic E-state index is -0.169.